The van der Waals surface area contributed by atoms with Crippen LogP contribution in [0.15, 0.2) is 24.4 Å². The van der Waals surface area contributed by atoms with Crippen LogP contribution < -0.4 is 5.32 Å². The second kappa shape index (κ2) is 3.62. The minimum atomic E-state index is 0.568. The van der Waals surface area contributed by atoms with E-state index in [1.54, 1.807) is 0 Å². The molecule has 2 heterocycles. The fraction of sp³-hybridized carbons (Fsp3) is 0.417. The molecule has 2 unspecified atom stereocenters. The minimum absolute atomic E-state index is 0.568. The van der Waals surface area contributed by atoms with Gasteiger partial charge < -0.3 is 5.32 Å². The molecule has 1 fully saturated rings. The Kier molecular flexibility index (Phi) is 2.26. The van der Waals surface area contributed by atoms with Crippen LogP contribution in [0.25, 0.3) is 5.57 Å². The summed E-state index contributed by atoms with van der Waals surface area (Å²) in [6.45, 7) is 2.23. The lowest BCUT2D eigenvalue weighted by atomic mass is 9.93. The Morgan fingerprint density at radius 2 is 2.27 bits per heavy atom. The molecule has 1 aliphatic carbocycles. The van der Waals surface area contributed by atoms with Gasteiger partial charge in [0.15, 0.2) is 0 Å². The van der Waals surface area contributed by atoms with E-state index in [1.165, 1.54) is 17.6 Å². The van der Waals surface area contributed by atoms with E-state index in [2.05, 4.69) is 22.4 Å². The molecule has 1 aromatic heterocycles. The average molecular weight is 221 g/mol. The third-order valence-corrected chi connectivity index (χ3v) is 3.52. The van der Waals surface area contributed by atoms with Crippen LogP contribution in [0, 0.1) is 11.8 Å². The van der Waals surface area contributed by atoms with Gasteiger partial charge in [0.05, 0.1) is 0 Å². The normalized spacial score (nSPS) is 29.0. The molecule has 1 aliphatic heterocycles. The molecule has 78 valence electrons. The SMILES string of the molecule is Clc1ccc(C2=CC3CNCC2C3)cn1. The summed E-state index contributed by atoms with van der Waals surface area (Å²) in [5.74, 6) is 1.39. The van der Waals surface area contributed by atoms with Crippen LogP contribution in [0.5, 0.6) is 0 Å². The van der Waals surface area contributed by atoms with Gasteiger partial charge in [0.1, 0.15) is 5.15 Å². The molecule has 0 amide bonds. The maximum absolute atomic E-state index is 5.79. The van der Waals surface area contributed by atoms with E-state index >= 15 is 0 Å². The van der Waals surface area contributed by atoms with Crippen molar-refractivity contribution >= 4 is 17.2 Å². The Morgan fingerprint density at radius 3 is 3.00 bits per heavy atom. The van der Waals surface area contributed by atoms with Crippen molar-refractivity contribution < 1.29 is 0 Å². The number of nitrogens with one attached hydrogen (secondary N) is 1. The first kappa shape index (κ1) is 9.37. The van der Waals surface area contributed by atoms with Crippen molar-refractivity contribution in [2.75, 3.05) is 13.1 Å². The largest absolute Gasteiger partial charge is 0.316 e. The van der Waals surface area contributed by atoms with Gasteiger partial charge in [-0.15, -0.1) is 0 Å². The zero-order valence-electron chi connectivity index (χ0n) is 8.41. The molecule has 0 radical (unpaired) electrons. The molecule has 2 bridgehead atoms. The molecule has 15 heavy (non-hydrogen) atoms. The Hall–Kier alpha value is -0.860. The van der Waals surface area contributed by atoms with E-state index in [9.17, 15) is 0 Å². The molecule has 1 aromatic rings. The number of aromatic nitrogens is 1. The smallest absolute Gasteiger partial charge is 0.129 e. The summed E-state index contributed by atoms with van der Waals surface area (Å²) in [4.78, 5) is 4.14. The van der Waals surface area contributed by atoms with Gasteiger partial charge >= 0.3 is 0 Å². The highest BCUT2D eigenvalue weighted by atomic mass is 35.5. The third kappa shape index (κ3) is 1.68. The Morgan fingerprint density at radius 1 is 1.33 bits per heavy atom. The number of piperidine rings is 1. The predicted molar refractivity (Wildman–Crippen MR) is 61.7 cm³/mol. The second-order valence-corrected chi connectivity index (χ2v) is 4.73. The molecular weight excluding hydrogens is 208 g/mol. The van der Waals surface area contributed by atoms with Gasteiger partial charge in [0, 0.05) is 19.3 Å². The first-order chi connectivity index (χ1) is 7.33. The number of halogens is 1. The molecule has 1 saturated heterocycles. The number of hydrogen-bond donors (Lipinski definition) is 1. The zero-order chi connectivity index (χ0) is 10.3. The van der Waals surface area contributed by atoms with Crippen molar-refractivity contribution in [3.8, 4) is 0 Å². The van der Waals surface area contributed by atoms with Crippen molar-refractivity contribution in [2.45, 2.75) is 6.42 Å². The summed E-state index contributed by atoms with van der Waals surface area (Å²) in [5.41, 5.74) is 2.68. The van der Waals surface area contributed by atoms with Gasteiger partial charge in [0.25, 0.3) is 0 Å². The van der Waals surface area contributed by atoms with E-state index in [1.807, 2.05) is 12.3 Å². The first-order valence-corrected chi connectivity index (χ1v) is 5.75. The first-order valence-electron chi connectivity index (χ1n) is 5.37. The van der Waals surface area contributed by atoms with Gasteiger partial charge in [-0.25, -0.2) is 4.98 Å². The lowest BCUT2D eigenvalue weighted by Gasteiger charge is -2.21. The van der Waals surface area contributed by atoms with Crippen molar-refractivity contribution in [1.82, 2.24) is 10.3 Å². The van der Waals surface area contributed by atoms with Crippen molar-refractivity contribution in [2.24, 2.45) is 11.8 Å². The van der Waals surface area contributed by atoms with Crippen LogP contribution >= 0.6 is 11.6 Å². The number of nitrogens with zero attached hydrogens (tertiary/aromatic N) is 1. The van der Waals surface area contributed by atoms with Crippen LogP contribution in [0.3, 0.4) is 0 Å². The lowest BCUT2D eigenvalue weighted by Crippen LogP contribution is -2.31. The van der Waals surface area contributed by atoms with E-state index in [4.69, 9.17) is 11.6 Å². The standard InChI is InChI=1S/C12H13ClN2/c13-12-2-1-9(7-15-12)11-4-8-3-10(11)6-14-5-8/h1-2,4,7-8,10,14H,3,5-6H2. The van der Waals surface area contributed by atoms with E-state index in [0.29, 0.717) is 11.1 Å². The topological polar surface area (TPSA) is 24.9 Å². The maximum Gasteiger partial charge on any atom is 0.129 e. The number of rotatable bonds is 1. The molecule has 2 aliphatic rings. The van der Waals surface area contributed by atoms with Crippen molar-refractivity contribution in [3.05, 3.63) is 35.1 Å². The number of fused-ring (bicyclic) bond motifs is 2. The van der Waals surface area contributed by atoms with E-state index in [-0.39, 0.29) is 0 Å². The molecule has 2 nitrogen and oxygen atoms in total. The molecular formula is C12H13ClN2. The highest BCUT2D eigenvalue weighted by molar-refractivity contribution is 6.29. The molecule has 0 aromatic carbocycles. The minimum Gasteiger partial charge on any atom is -0.316 e. The summed E-state index contributed by atoms with van der Waals surface area (Å²) in [6.07, 6.45) is 5.58. The summed E-state index contributed by atoms with van der Waals surface area (Å²) < 4.78 is 0. The summed E-state index contributed by atoms with van der Waals surface area (Å²) in [7, 11) is 0. The summed E-state index contributed by atoms with van der Waals surface area (Å²) in [5, 5.41) is 4.03. The second-order valence-electron chi connectivity index (χ2n) is 4.34. The molecule has 0 spiro atoms. The highest BCUT2D eigenvalue weighted by Gasteiger charge is 2.30. The number of pyridine rings is 1. The van der Waals surface area contributed by atoms with Crippen LogP contribution in [-0.4, -0.2) is 18.1 Å². The molecule has 1 N–H and O–H groups in total. The zero-order valence-corrected chi connectivity index (χ0v) is 9.17. The Labute approximate surface area is 94.4 Å². The molecule has 0 saturated carbocycles. The fourth-order valence-electron chi connectivity index (χ4n) is 2.61. The van der Waals surface area contributed by atoms with Crippen molar-refractivity contribution in [1.29, 1.82) is 0 Å². The maximum atomic E-state index is 5.79. The van der Waals surface area contributed by atoms with Crippen LogP contribution in [0.4, 0.5) is 0 Å². The molecule has 3 rings (SSSR count). The van der Waals surface area contributed by atoms with Crippen molar-refractivity contribution in [3.63, 3.8) is 0 Å². The monoisotopic (exact) mass is 220 g/mol. The van der Waals surface area contributed by atoms with Gasteiger partial charge in [-0.05, 0) is 35.5 Å². The highest BCUT2D eigenvalue weighted by Crippen LogP contribution is 2.38. The average Bonchev–Trinajstić information content (AvgIpc) is 2.55. The van der Waals surface area contributed by atoms with Crippen LogP contribution in [0.2, 0.25) is 5.15 Å². The van der Waals surface area contributed by atoms with Gasteiger partial charge in [-0.3, -0.25) is 0 Å². The molecule has 3 heteroatoms. The summed E-state index contributed by atoms with van der Waals surface area (Å²) in [6, 6.07) is 3.94. The Balaban J connectivity index is 1.94. The van der Waals surface area contributed by atoms with Gasteiger partial charge in [-0.1, -0.05) is 23.7 Å². The lowest BCUT2D eigenvalue weighted by molar-refractivity contribution is 0.407. The van der Waals surface area contributed by atoms with Crippen LogP contribution in [-0.2, 0) is 0 Å². The predicted octanol–water partition coefficient (Wildman–Crippen LogP) is 2.36. The van der Waals surface area contributed by atoms with E-state index < -0.39 is 0 Å². The quantitative estimate of drug-likeness (QED) is 0.735. The summed E-state index contributed by atoms with van der Waals surface area (Å²) >= 11 is 5.79. The molecule has 2 atom stereocenters. The fourth-order valence-corrected chi connectivity index (χ4v) is 2.72. The van der Waals surface area contributed by atoms with E-state index in [0.717, 1.165) is 19.0 Å². The van der Waals surface area contributed by atoms with Crippen LogP contribution in [0.1, 0.15) is 12.0 Å². The third-order valence-electron chi connectivity index (χ3n) is 3.30. The van der Waals surface area contributed by atoms with Gasteiger partial charge in [0.2, 0.25) is 0 Å². The Bertz CT molecular complexity index is 397. The van der Waals surface area contributed by atoms with Gasteiger partial charge in [-0.2, -0.15) is 0 Å². The number of hydrogen-bond acceptors (Lipinski definition) is 2.